The van der Waals surface area contributed by atoms with Crippen LogP contribution in [-0.2, 0) is 0 Å². The lowest BCUT2D eigenvalue weighted by Crippen LogP contribution is -1.85. The second kappa shape index (κ2) is 8.43. The van der Waals surface area contributed by atoms with Gasteiger partial charge in [0.25, 0.3) is 0 Å². The fourth-order valence-corrected chi connectivity index (χ4v) is 3.42. The largest absolute Gasteiger partial charge is 0.323 e. The number of hydrogen-bond donors (Lipinski definition) is 1. The topological polar surface area (TPSA) is 98.8 Å². The van der Waals surface area contributed by atoms with Crippen LogP contribution < -0.4 is 5.84 Å². The van der Waals surface area contributed by atoms with Gasteiger partial charge in [-0.3, -0.25) is 0 Å². The molecule has 0 saturated heterocycles. The van der Waals surface area contributed by atoms with Crippen LogP contribution in [0.1, 0.15) is 5.56 Å². The van der Waals surface area contributed by atoms with Gasteiger partial charge in [-0.1, -0.05) is 12.1 Å². The molecule has 21 heavy (non-hydrogen) atoms. The molecule has 0 fully saturated rings. The van der Waals surface area contributed by atoms with E-state index in [1.807, 2.05) is 18.2 Å². The van der Waals surface area contributed by atoms with Gasteiger partial charge in [-0.25, -0.2) is 15.5 Å². The second-order valence-electron chi connectivity index (χ2n) is 3.50. The number of benzene rings is 1. The maximum atomic E-state index is 6.50. The molecule has 0 bridgehead atoms. The van der Waals surface area contributed by atoms with Gasteiger partial charge < -0.3 is 5.84 Å². The molecule has 104 valence electrons. The molecule has 0 unspecified atom stereocenters. The first-order valence-corrected chi connectivity index (χ1v) is 7.26. The first-order valence-electron chi connectivity index (χ1n) is 5.56. The third-order valence-corrected chi connectivity index (χ3v) is 4.43. The Morgan fingerprint density at radius 1 is 1.19 bits per heavy atom. The van der Waals surface area contributed by atoms with E-state index in [4.69, 9.17) is 16.4 Å². The first-order chi connectivity index (χ1) is 10.4. The van der Waals surface area contributed by atoms with E-state index in [2.05, 4.69) is 40.7 Å². The van der Waals surface area contributed by atoms with Crippen LogP contribution in [0.2, 0.25) is 0 Å². The lowest BCUT2D eigenvalue weighted by molar-refractivity contribution is 1.26. The van der Waals surface area contributed by atoms with Crippen molar-refractivity contribution in [2.24, 2.45) is 10.9 Å². The SMILES string of the molecule is C#N.C#N.NN=Cc1ccc2nc(-c3cccs3)sc2c1. The summed E-state index contributed by atoms with van der Waals surface area (Å²) >= 11 is 3.40. The summed E-state index contributed by atoms with van der Waals surface area (Å²) < 4.78 is 1.16. The van der Waals surface area contributed by atoms with Crippen LogP contribution in [0.5, 0.6) is 0 Å². The van der Waals surface area contributed by atoms with Gasteiger partial charge in [-0.2, -0.15) is 5.10 Å². The highest BCUT2D eigenvalue weighted by Crippen LogP contribution is 2.32. The summed E-state index contributed by atoms with van der Waals surface area (Å²) in [5, 5.41) is 19.7. The van der Waals surface area contributed by atoms with E-state index in [0.717, 1.165) is 20.8 Å². The summed E-state index contributed by atoms with van der Waals surface area (Å²) in [6.45, 7) is 7.00. The van der Waals surface area contributed by atoms with Gasteiger partial charge in [0.2, 0.25) is 0 Å². The van der Waals surface area contributed by atoms with Gasteiger partial charge in [0, 0.05) is 13.1 Å². The van der Waals surface area contributed by atoms with E-state index in [0.29, 0.717) is 0 Å². The van der Waals surface area contributed by atoms with Crippen LogP contribution >= 0.6 is 22.7 Å². The molecular weight excluding hydrogens is 302 g/mol. The van der Waals surface area contributed by atoms with E-state index in [-0.39, 0.29) is 0 Å². The highest BCUT2D eigenvalue weighted by Gasteiger charge is 2.06. The van der Waals surface area contributed by atoms with E-state index in [1.54, 1.807) is 28.9 Å². The van der Waals surface area contributed by atoms with E-state index < -0.39 is 0 Å². The monoisotopic (exact) mass is 313 g/mol. The number of rotatable bonds is 2. The number of aromatic nitrogens is 1. The molecule has 0 saturated carbocycles. The van der Waals surface area contributed by atoms with E-state index in [1.165, 1.54) is 4.88 Å². The Hall–Kier alpha value is -2.74. The Kier molecular flexibility index (Phi) is 6.55. The Balaban J connectivity index is 0.000000510. The fourth-order valence-electron chi connectivity index (χ4n) is 1.61. The van der Waals surface area contributed by atoms with Crippen molar-refractivity contribution in [3.05, 3.63) is 41.3 Å². The summed E-state index contributed by atoms with van der Waals surface area (Å²) in [7, 11) is 0. The molecule has 0 atom stereocenters. The van der Waals surface area contributed by atoms with Gasteiger partial charge in [0.05, 0.1) is 21.3 Å². The van der Waals surface area contributed by atoms with Gasteiger partial charge in [-0.15, -0.1) is 22.7 Å². The second-order valence-corrected chi connectivity index (χ2v) is 5.48. The lowest BCUT2D eigenvalue weighted by Gasteiger charge is -1.90. The molecule has 2 heterocycles. The predicted octanol–water partition coefficient (Wildman–Crippen LogP) is 3.60. The maximum Gasteiger partial charge on any atom is 0.134 e. The number of nitriles is 2. The summed E-state index contributed by atoms with van der Waals surface area (Å²) in [5.74, 6) is 5.15. The smallest absolute Gasteiger partial charge is 0.134 e. The van der Waals surface area contributed by atoms with Crippen molar-refractivity contribution in [1.82, 2.24) is 4.98 Å². The average Bonchev–Trinajstić information content (AvgIpc) is 3.20. The van der Waals surface area contributed by atoms with Crippen LogP contribution in [0, 0.1) is 23.7 Å². The summed E-state index contributed by atoms with van der Waals surface area (Å²) in [6, 6.07) is 10.2. The van der Waals surface area contributed by atoms with Crippen molar-refractivity contribution < 1.29 is 0 Å². The zero-order valence-corrected chi connectivity index (χ0v) is 12.5. The lowest BCUT2D eigenvalue weighted by atomic mass is 10.2. The minimum atomic E-state index is 1.00. The Bertz CT molecular complexity index is 747. The highest BCUT2D eigenvalue weighted by atomic mass is 32.1. The number of thiazole rings is 1. The zero-order valence-electron chi connectivity index (χ0n) is 10.9. The fraction of sp³-hybridized carbons (Fsp3) is 0. The number of fused-ring (bicyclic) bond motifs is 1. The summed E-state index contributed by atoms with van der Waals surface area (Å²) in [5.41, 5.74) is 2.02. The van der Waals surface area contributed by atoms with Crippen molar-refractivity contribution in [3.63, 3.8) is 0 Å². The number of hydrazone groups is 1. The third kappa shape index (κ3) is 3.86. The quantitative estimate of drug-likeness (QED) is 0.444. The minimum Gasteiger partial charge on any atom is -0.323 e. The van der Waals surface area contributed by atoms with Crippen LogP contribution in [0.3, 0.4) is 0 Å². The van der Waals surface area contributed by atoms with E-state index >= 15 is 0 Å². The van der Waals surface area contributed by atoms with Crippen molar-refractivity contribution in [2.45, 2.75) is 0 Å². The number of hydrogen-bond acceptors (Lipinski definition) is 7. The number of nitrogens with zero attached hydrogens (tertiary/aromatic N) is 4. The Labute approximate surface area is 130 Å². The zero-order chi connectivity index (χ0) is 15.7. The standard InChI is InChI=1S/C12H9N3S2.2CHN/c13-14-7-8-3-4-9-11(6-8)17-12(15-9)10-2-1-5-16-10;2*1-2/h1-7H,13H2;2*1H. The molecule has 0 amide bonds. The molecule has 3 aromatic rings. The molecule has 2 N–H and O–H groups in total. The average molecular weight is 313 g/mol. The number of nitrogens with two attached hydrogens (primary N) is 1. The maximum absolute atomic E-state index is 6.50. The van der Waals surface area contributed by atoms with Crippen molar-refractivity contribution >= 4 is 39.1 Å². The minimum absolute atomic E-state index is 1.00. The molecule has 7 heteroatoms. The summed E-state index contributed by atoms with van der Waals surface area (Å²) in [6.07, 6.45) is 1.64. The van der Waals surface area contributed by atoms with Crippen LogP contribution in [0.25, 0.3) is 20.1 Å². The predicted molar refractivity (Wildman–Crippen MR) is 88.1 cm³/mol. The van der Waals surface area contributed by atoms with Gasteiger partial charge in [-0.05, 0) is 29.1 Å². The molecule has 1 aromatic carbocycles. The molecule has 0 aliphatic carbocycles. The van der Waals surface area contributed by atoms with Crippen molar-refractivity contribution in [3.8, 4) is 23.0 Å². The Morgan fingerprint density at radius 3 is 2.57 bits per heavy atom. The summed E-state index contributed by atoms with van der Waals surface area (Å²) in [4.78, 5) is 5.82. The van der Waals surface area contributed by atoms with E-state index in [9.17, 15) is 0 Å². The van der Waals surface area contributed by atoms with Crippen LogP contribution in [0.15, 0.2) is 40.8 Å². The van der Waals surface area contributed by atoms with Crippen LogP contribution in [0.4, 0.5) is 0 Å². The normalized spacial score (nSPS) is 9.52. The molecule has 0 aliphatic rings. The molecule has 3 rings (SSSR count). The van der Waals surface area contributed by atoms with Crippen LogP contribution in [-0.4, -0.2) is 11.2 Å². The molecule has 0 spiro atoms. The van der Waals surface area contributed by atoms with Gasteiger partial charge >= 0.3 is 0 Å². The number of thiophene rings is 1. The molecule has 2 aromatic heterocycles. The molecular formula is C14H11N5S2. The molecule has 0 aliphatic heterocycles. The third-order valence-electron chi connectivity index (χ3n) is 2.37. The highest BCUT2D eigenvalue weighted by molar-refractivity contribution is 7.25. The van der Waals surface area contributed by atoms with Gasteiger partial charge in [0.1, 0.15) is 5.01 Å². The van der Waals surface area contributed by atoms with Crippen molar-refractivity contribution in [1.29, 1.82) is 10.5 Å². The first kappa shape index (κ1) is 16.3. The molecule has 0 radical (unpaired) electrons. The Morgan fingerprint density at radius 2 is 1.95 bits per heavy atom. The van der Waals surface area contributed by atoms with Crippen molar-refractivity contribution in [2.75, 3.05) is 0 Å². The molecule has 5 nitrogen and oxygen atoms in total. The van der Waals surface area contributed by atoms with Gasteiger partial charge in [0.15, 0.2) is 0 Å².